The van der Waals surface area contributed by atoms with Gasteiger partial charge in [-0.15, -0.1) is 11.3 Å². The number of hydrogen-bond acceptors (Lipinski definition) is 5. The molecule has 0 spiro atoms. The molecule has 1 aromatic heterocycles. The highest BCUT2D eigenvalue weighted by Gasteiger charge is 2.14. The number of thiazole rings is 1. The number of primary amides is 1. The average molecular weight is 292 g/mol. The number of methoxy groups -OCH3 is 1. The quantitative estimate of drug-likeness (QED) is 0.886. The molecule has 106 valence electrons. The molecule has 3 N–H and O–H groups in total. The van der Waals surface area contributed by atoms with Crippen LogP contribution in [0.25, 0.3) is 11.3 Å². The fourth-order valence-electron chi connectivity index (χ4n) is 1.86. The number of nitrogens with zero attached hydrogens (tertiary/aromatic N) is 1. The van der Waals surface area contributed by atoms with Crippen molar-refractivity contribution in [3.05, 3.63) is 34.2 Å². The largest absolute Gasteiger partial charge is 0.507 e. The monoisotopic (exact) mass is 292 g/mol. The van der Waals surface area contributed by atoms with E-state index in [2.05, 4.69) is 4.98 Å². The van der Waals surface area contributed by atoms with Gasteiger partial charge >= 0.3 is 0 Å². The van der Waals surface area contributed by atoms with Crippen molar-refractivity contribution in [1.29, 1.82) is 0 Å². The maximum Gasteiger partial charge on any atom is 0.252 e. The first kappa shape index (κ1) is 14.5. The number of amides is 1. The predicted octanol–water partition coefficient (Wildman–Crippen LogP) is 2.36. The van der Waals surface area contributed by atoms with Crippen LogP contribution in [0.5, 0.6) is 5.75 Å². The number of carbonyl (C=O) groups is 1. The highest BCUT2D eigenvalue weighted by molar-refractivity contribution is 7.10. The van der Waals surface area contributed by atoms with Gasteiger partial charge in [0.2, 0.25) is 0 Å². The molecule has 2 rings (SSSR count). The van der Waals surface area contributed by atoms with E-state index in [1.807, 2.05) is 12.3 Å². The van der Waals surface area contributed by atoms with Gasteiger partial charge in [0.1, 0.15) is 5.75 Å². The SMILES string of the molecule is COC[C@H](C)c1nc(-c2ccc(O)c(C(N)=O)c2)cs1. The Morgan fingerprint density at radius 2 is 2.30 bits per heavy atom. The van der Waals surface area contributed by atoms with Gasteiger partial charge in [0.15, 0.2) is 0 Å². The van der Waals surface area contributed by atoms with Crippen molar-refractivity contribution in [3.63, 3.8) is 0 Å². The van der Waals surface area contributed by atoms with Crippen molar-refractivity contribution in [2.45, 2.75) is 12.8 Å². The normalized spacial score (nSPS) is 12.3. The molecule has 0 aliphatic heterocycles. The van der Waals surface area contributed by atoms with E-state index in [4.69, 9.17) is 10.5 Å². The summed E-state index contributed by atoms with van der Waals surface area (Å²) >= 11 is 1.54. The van der Waals surface area contributed by atoms with E-state index >= 15 is 0 Å². The summed E-state index contributed by atoms with van der Waals surface area (Å²) in [5.74, 6) is -0.566. The molecule has 1 aromatic carbocycles. The first-order valence-corrected chi connectivity index (χ1v) is 6.98. The number of aromatic nitrogens is 1. The molecule has 0 saturated heterocycles. The van der Waals surface area contributed by atoms with E-state index < -0.39 is 5.91 Å². The van der Waals surface area contributed by atoms with Gasteiger partial charge in [0.05, 0.1) is 22.9 Å². The van der Waals surface area contributed by atoms with Crippen LogP contribution in [0.15, 0.2) is 23.6 Å². The van der Waals surface area contributed by atoms with Crippen molar-refractivity contribution in [1.82, 2.24) is 4.98 Å². The molecule has 0 bridgehead atoms. The Morgan fingerprint density at radius 1 is 1.55 bits per heavy atom. The van der Waals surface area contributed by atoms with Crippen LogP contribution >= 0.6 is 11.3 Å². The number of benzene rings is 1. The highest BCUT2D eigenvalue weighted by Crippen LogP contribution is 2.29. The third-order valence-corrected chi connectivity index (χ3v) is 3.99. The zero-order chi connectivity index (χ0) is 14.7. The lowest BCUT2D eigenvalue weighted by atomic mass is 10.1. The van der Waals surface area contributed by atoms with Crippen molar-refractivity contribution in [2.24, 2.45) is 5.73 Å². The first-order chi connectivity index (χ1) is 9.52. The summed E-state index contributed by atoms with van der Waals surface area (Å²) in [6, 6.07) is 4.71. The standard InChI is InChI=1S/C14H16N2O3S/c1-8(6-19-2)14-16-11(7-20-14)9-3-4-12(17)10(5-9)13(15)18/h3-5,7-8,17H,6H2,1-2H3,(H2,15,18)/t8-/m0/s1. The molecule has 0 unspecified atom stereocenters. The molecular formula is C14H16N2O3S. The molecule has 0 saturated carbocycles. The van der Waals surface area contributed by atoms with Crippen LogP contribution < -0.4 is 5.73 Å². The minimum absolute atomic E-state index is 0.0991. The number of aromatic hydroxyl groups is 1. The molecule has 0 fully saturated rings. The van der Waals surface area contributed by atoms with Crippen LogP contribution in [0.2, 0.25) is 0 Å². The second-order valence-electron chi connectivity index (χ2n) is 4.52. The van der Waals surface area contributed by atoms with Gasteiger partial charge in [0, 0.05) is 24.0 Å². The Morgan fingerprint density at radius 3 is 2.95 bits per heavy atom. The summed E-state index contributed by atoms with van der Waals surface area (Å²) in [5.41, 5.74) is 6.83. The Kier molecular flexibility index (Phi) is 4.36. The van der Waals surface area contributed by atoms with Gasteiger partial charge in [-0.25, -0.2) is 4.98 Å². The van der Waals surface area contributed by atoms with E-state index in [0.717, 1.165) is 16.3 Å². The number of rotatable bonds is 5. The summed E-state index contributed by atoms with van der Waals surface area (Å²) in [5, 5.41) is 12.5. The van der Waals surface area contributed by atoms with E-state index in [1.54, 1.807) is 30.6 Å². The van der Waals surface area contributed by atoms with Crippen LogP contribution in [0.4, 0.5) is 0 Å². The molecule has 1 amide bonds. The molecule has 1 atom stereocenters. The summed E-state index contributed by atoms with van der Waals surface area (Å²) in [7, 11) is 1.66. The van der Waals surface area contributed by atoms with Crippen LogP contribution in [0.1, 0.15) is 28.2 Å². The van der Waals surface area contributed by atoms with Crippen LogP contribution in [-0.4, -0.2) is 29.7 Å². The zero-order valence-corrected chi connectivity index (χ0v) is 12.1. The molecule has 0 aliphatic carbocycles. The van der Waals surface area contributed by atoms with Gasteiger partial charge in [0.25, 0.3) is 5.91 Å². The summed E-state index contributed by atoms with van der Waals surface area (Å²) in [6.07, 6.45) is 0. The van der Waals surface area contributed by atoms with Gasteiger partial charge < -0.3 is 15.6 Å². The Labute approximate surface area is 121 Å². The van der Waals surface area contributed by atoms with Crippen molar-refractivity contribution < 1.29 is 14.6 Å². The third kappa shape index (κ3) is 2.97. The summed E-state index contributed by atoms with van der Waals surface area (Å²) in [4.78, 5) is 15.8. The predicted molar refractivity (Wildman–Crippen MR) is 78.0 cm³/mol. The molecule has 0 aliphatic rings. The minimum atomic E-state index is -0.660. The van der Waals surface area contributed by atoms with Crippen LogP contribution in [0, 0.1) is 0 Å². The molecule has 6 heteroatoms. The number of phenols is 1. The molecule has 2 aromatic rings. The smallest absolute Gasteiger partial charge is 0.252 e. The Hall–Kier alpha value is -1.92. The fraction of sp³-hybridized carbons (Fsp3) is 0.286. The molecule has 5 nitrogen and oxygen atoms in total. The van der Waals surface area contributed by atoms with Crippen molar-refractivity contribution in [2.75, 3.05) is 13.7 Å². The number of nitrogens with two attached hydrogens (primary N) is 1. The van der Waals surface area contributed by atoms with E-state index in [1.165, 1.54) is 6.07 Å². The van der Waals surface area contributed by atoms with Crippen LogP contribution in [-0.2, 0) is 4.74 Å². The molecule has 0 radical (unpaired) electrons. The summed E-state index contributed by atoms with van der Waals surface area (Å²) in [6.45, 7) is 2.65. The lowest BCUT2D eigenvalue weighted by Gasteiger charge is -2.06. The third-order valence-electron chi connectivity index (χ3n) is 2.92. The van der Waals surface area contributed by atoms with Gasteiger partial charge in [-0.3, -0.25) is 4.79 Å². The summed E-state index contributed by atoms with van der Waals surface area (Å²) < 4.78 is 5.11. The van der Waals surface area contributed by atoms with E-state index in [9.17, 15) is 9.90 Å². The van der Waals surface area contributed by atoms with Crippen molar-refractivity contribution in [3.8, 4) is 17.0 Å². The maximum atomic E-state index is 11.2. The van der Waals surface area contributed by atoms with Gasteiger partial charge in [-0.1, -0.05) is 6.92 Å². The highest BCUT2D eigenvalue weighted by atomic mass is 32.1. The fourth-order valence-corrected chi connectivity index (χ4v) is 2.73. The van der Waals surface area contributed by atoms with Crippen LogP contribution in [0.3, 0.4) is 0 Å². The first-order valence-electron chi connectivity index (χ1n) is 6.10. The lowest BCUT2D eigenvalue weighted by Crippen LogP contribution is -2.11. The molecular weight excluding hydrogens is 276 g/mol. The second-order valence-corrected chi connectivity index (χ2v) is 5.41. The Balaban J connectivity index is 2.33. The minimum Gasteiger partial charge on any atom is -0.507 e. The van der Waals surface area contributed by atoms with E-state index in [-0.39, 0.29) is 17.2 Å². The maximum absolute atomic E-state index is 11.2. The average Bonchev–Trinajstić information content (AvgIpc) is 2.89. The van der Waals surface area contributed by atoms with E-state index in [0.29, 0.717) is 6.61 Å². The molecule has 20 heavy (non-hydrogen) atoms. The zero-order valence-electron chi connectivity index (χ0n) is 11.3. The lowest BCUT2D eigenvalue weighted by molar-refractivity contribution is 0.0998. The number of carbonyl (C=O) groups excluding carboxylic acids is 1. The molecule has 1 heterocycles. The second kappa shape index (κ2) is 6.02. The van der Waals surface area contributed by atoms with Gasteiger partial charge in [-0.2, -0.15) is 0 Å². The van der Waals surface area contributed by atoms with Gasteiger partial charge in [-0.05, 0) is 18.2 Å². The topological polar surface area (TPSA) is 85.4 Å². The number of ether oxygens (including phenoxy) is 1. The Bertz CT molecular complexity index is 625. The number of hydrogen-bond donors (Lipinski definition) is 2. The van der Waals surface area contributed by atoms with Crippen molar-refractivity contribution >= 4 is 17.2 Å².